The lowest BCUT2D eigenvalue weighted by Gasteiger charge is -2.37. The van der Waals surface area contributed by atoms with E-state index in [0.29, 0.717) is 17.7 Å². The lowest BCUT2D eigenvalue weighted by molar-refractivity contribution is -0.119. The first-order valence-electron chi connectivity index (χ1n) is 8.25. The molecule has 1 aliphatic rings. The maximum atomic E-state index is 12.4. The number of carbonyl (C=O) groups is 3. The molecule has 0 saturated heterocycles. The summed E-state index contributed by atoms with van der Waals surface area (Å²) in [7, 11) is 1.73. The minimum atomic E-state index is -1.04. The topological polar surface area (TPSA) is 86.7 Å². The molecule has 0 radical (unpaired) electrons. The fourth-order valence-electron chi connectivity index (χ4n) is 3.15. The van der Waals surface area contributed by atoms with Gasteiger partial charge in [-0.3, -0.25) is 9.59 Å². The van der Waals surface area contributed by atoms with E-state index in [-0.39, 0.29) is 22.8 Å². The maximum absolute atomic E-state index is 12.4. The van der Waals surface area contributed by atoms with Crippen molar-refractivity contribution in [1.29, 1.82) is 0 Å². The highest BCUT2D eigenvalue weighted by Crippen LogP contribution is 2.40. The zero-order valence-corrected chi connectivity index (χ0v) is 14.9. The van der Waals surface area contributed by atoms with Gasteiger partial charge < -0.3 is 15.3 Å². The third kappa shape index (κ3) is 3.18. The van der Waals surface area contributed by atoms with E-state index in [1.807, 2.05) is 26.0 Å². The van der Waals surface area contributed by atoms with Crippen LogP contribution < -0.4 is 10.2 Å². The summed E-state index contributed by atoms with van der Waals surface area (Å²) in [5.41, 5.74) is 2.64. The Morgan fingerprint density at radius 2 is 1.69 bits per heavy atom. The highest BCUT2D eigenvalue weighted by Gasteiger charge is 2.35. The van der Waals surface area contributed by atoms with Crippen LogP contribution in [0.1, 0.15) is 46.5 Å². The minimum absolute atomic E-state index is 0.0373. The van der Waals surface area contributed by atoms with Gasteiger partial charge in [-0.05, 0) is 42.0 Å². The minimum Gasteiger partial charge on any atom is -0.478 e. The normalized spacial score (nSPS) is 15.3. The van der Waals surface area contributed by atoms with Crippen LogP contribution in [-0.2, 0) is 10.2 Å². The molecule has 0 fully saturated rings. The van der Waals surface area contributed by atoms with Crippen LogP contribution in [0.2, 0.25) is 0 Å². The first-order valence-corrected chi connectivity index (χ1v) is 8.25. The number of amides is 2. The zero-order chi connectivity index (χ0) is 19.1. The molecule has 1 aliphatic heterocycles. The number of anilines is 2. The molecule has 0 saturated carbocycles. The number of benzene rings is 2. The van der Waals surface area contributed by atoms with E-state index in [4.69, 9.17) is 5.11 Å². The highest BCUT2D eigenvalue weighted by molar-refractivity contribution is 6.05. The van der Waals surface area contributed by atoms with Crippen molar-refractivity contribution >= 4 is 29.2 Å². The van der Waals surface area contributed by atoms with Gasteiger partial charge in [-0.15, -0.1) is 0 Å². The molecular formula is C20H20N2O4. The average molecular weight is 352 g/mol. The van der Waals surface area contributed by atoms with Gasteiger partial charge >= 0.3 is 5.97 Å². The molecule has 0 aromatic heterocycles. The van der Waals surface area contributed by atoms with Gasteiger partial charge in [0.2, 0.25) is 5.91 Å². The fraction of sp³-hybridized carbons (Fsp3) is 0.250. The number of carbonyl (C=O) groups excluding carboxylic acids is 2. The summed E-state index contributed by atoms with van der Waals surface area (Å²) >= 11 is 0. The summed E-state index contributed by atoms with van der Waals surface area (Å²) in [6.07, 6.45) is 0.443. The summed E-state index contributed by atoms with van der Waals surface area (Å²) in [5.74, 6) is -1.34. The fourth-order valence-corrected chi connectivity index (χ4v) is 3.15. The number of nitrogens with one attached hydrogen (secondary N) is 1. The third-order valence-electron chi connectivity index (χ3n) is 4.71. The number of hydrogen-bond acceptors (Lipinski definition) is 3. The molecule has 2 aromatic carbocycles. The van der Waals surface area contributed by atoms with Crippen LogP contribution in [0.3, 0.4) is 0 Å². The Morgan fingerprint density at radius 1 is 1.08 bits per heavy atom. The largest absolute Gasteiger partial charge is 0.478 e. The summed E-state index contributed by atoms with van der Waals surface area (Å²) < 4.78 is 0. The summed E-state index contributed by atoms with van der Waals surface area (Å²) in [6, 6.07) is 11.2. The predicted molar refractivity (Wildman–Crippen MR) is 98.8 cm³/mol. The van der Waals surface area contributed by atoms with Crippen molar-refractivity contribution in [3.05, 3.63) is 59.2 Å². The van der Waals surface area contributed by atoms with Crippen LogP contribution in [0.4, 0.5) is 11.4 Å². The highest BCUT2D eigenvalue weighted by atomic mass is 16.4. The molecule has 2 amide bonds. The first-order chi connectivity index (χ1) is 12.2. The van der Waals surface area contributed by atoms with Crippen molar-refractivity contribution in [2.45, 2.75) is 25.7 Å². The van der Waals surface area contributed by atoms with Gasteiger partial charge in [0.15, 0.2) is 0 Å². The lowest BCUT2D eigenvalue weighted by atomic mass is 9.77. The van der Waals surface area contributed by atoms with Crippen LogP contribution in [0.25, 0.3) is 0 Å². The predicted octanol–water partition coefficient (Wildman–Crippen LogP) is 3.28. The van der Waals surface area contributed by atoms with E-state index < -0.39 is 5.97 Å². The van der Waals surface area contributed by atoms with Gasteiger partial charge in [0.25, 0.3) is 5.91 Å². The average Bonchev–Trinajstić information content (AvgIpc) is 2.59. The molecule has 1 heterocycles. The summed E-state index contributed by atoms with van der Waals surface area (Å²) in [5, 5.41) is 11.7. The first kappa shape index (κ1) is 17.7. The van der Waals surface area contributed by atoms with Gasteiger partial charge in [0, 0.05) is 35.8 Å². The van der Waals surface area contributed by atoms with E-state index in [2.05, 4.69) is 5.32 Å². The number of fused-ring (bicyclic) bond motifs is 1. The summed E-state index contributed by atoms with van der Waals surface area (Å²) in [6.45, 7) is 4.05. The second kappa shape index (κ2) is 6.29. The van der Waals surface area contributed by atoms with Crippen LogP contribution >= 0.6 is 0 Å². The Bertz CT molecular complexity index is 901. The molecule has 0 atom stereocenters. The molecule has 0 aliphatic carbocycles. The molecule has 26 heavy (non-hydrogen) atoms. The second-order valence-corrected chi connectivity index (χ2v) is 7.08. The van der Waals surface area contributed by atoms with Crippen LogP contribution in [0.15, 0.2) is 42.5 Å². The number of nitrogens with zero attached hydrogens (tertiary/aromatic N) is 1. The third-order valence-corrected chi connectivity index (χ3v) is 4.71. The molecule has 6 nitrogen and oxygen atoms in total. The van der Waals surface area contributed by atoms with Crippen molar-refractivity contribution in [3.63, 3.8) is 0 Å². The quantitative estimate of drug-likeness (QED) is 0.887. The van der Waals surface area contributed by atoms with Gasteiger partial charge in [-0.1, -0.05) is 19.9 Å². The van der Waals surface area contributed by atoms with Crippen molar-refractivity contribution in [1.82, 2.24) is 0 Å². The van der Waals surface area contributed by atoms with Crippen LogP contribution in [0, 0.1) is 0 Å². The Labute approximate surface area is 151 Å². The molecule has 2 N–H and O–H groups in total. The van der Waals surface area contributed by atoms with Crippen molar-refractivity contribution in [3.8, 4) is 0 Å². The SMILES string of the molecule is CN1C(=O)CC(C)(C)c2ccc(NC(=O)c3ccc(C(=O)O)cc3)cc21. The van der Waals surface area contributed by atoms with Gasteiger partial charge in [0.1, 0.15) is 0 Å². The molecule has 0 bridgehead atoms. The molecule has 2 aromatic rings. The Kier molecular flexibility index (Phi) is 4.28. The molecule has 3 rings (SSSR count). The molecule has 134 valence electrons. The number of rotatable bonds is 3. The van der Waals surface area contributed by atoms with Crippen molar-refractivity contribution in [2.75, 3.05) is 17.3 Å². The van der Waals surface area contributed by atoms with E-state index in [9.17, 15) is 14.4 Å². The maximum Gasteiger partial charge on any atom is 0.335 e. The second-order valence-electron chi connectivity index (χ2n) is 7.08. The zero-order valence-electron chi connectivity index (χ0n) is 14.9. The lowest BCUT2D eigenvalue weighted by Crippen LogP contribution is -2.39. The van der Waals surface area contributed by atoms with Crippen molar-refractivity contribution in [2.24, 2.45) is 0 Å². The van der Waals surface area contributed by atoms with Gasteiger partial charge in [-0.2, -0.15) is 0 Å². The molecular weight excluding hydrogens is 332 g/mol. The van der Waals surface area contributed by atoms with E-state index in [0.717, 1.165) is 11.3 Å². The van der Waals surface area contributed by atoms with Crippen molar-refractivity contribution < 1.29 is 19.5 Å². The Hall–Kier alpha value is -3.15. The Balaban J connectivity index is 1.86. The number of aromatic carboxylic acids is 1. The molecule has 0 spiro atoms. The van der Waals surface area contributed by atoms with E-state index in [1.54, 1.807) is 18.0 Å². The smallest absolute Gasteiger partial charge is 0.335 e. The number of hydrogen-bond donors (Lipinski definition) is 2. The van der Waals surface area contributed by atoms with Gasteiger partial charge in [0.05, 0.1) is 5.56 Å². The van der Waals surface area contributed by atoms with E-state index >= 15 is 0 Å². The monoisotopic (exact) mass is 352 g/mol. The summed E-state index contributed by atoms with van der Waals surface area (Å²) in [4.78, 5) is 37.1. The number of carboxylic acids is 1. The van der Waals surface area contributed by atoms with Gasteiger partial charge in [-0.25, -0.2) is 4.79 Å². The molecule has 6 heteroatoms. The number of carboxylic acid groups (broad SMARTS) is 1. The molecule has 0 unspecified atom stereocenters. The standard InChI is InChI=1S/C20H20N2O4/c1-20(2)11-17(23)22(3)16-10-14(8-9-15(16)20)21-18(24)12-4-6-13(7-5-12)19(25)26/h4-10H,11H2,1-3H3,(H,21,24)(H,25,26). The van der Waals surface area contributed by atoms with Crippen LogP contribution in [-0.4, -0.2) is 29.9 Å². The van der Waals surface area contributed by atoms with E-state index in [1.165, 1.54) is 24.3 Å². The van der Waals surface area contributed by atoms with Crippen LogP contribution in [0.5, 0.6) is 0 Å². The Morgan fingerprint density at radius 3 is 2.31 bits per heavy atom.